The monoisotopic (exact) mass is 263 g/mol. The van der Waals surface area contributed by atoms with E-state index in [1.807, 2.05) is 44.2 Å². The average molecular weight is 263 g/mol. The van der Waals surface area contributed by atoms with Crippen LogP contribution in [0.5, 0.6) is 0 Å². The Balaban J connectivity index is 2.92. The quantitative estimate of drug-likeness (QED) is 0.800. The Morgan fingerprint density at radius 3 is 2.26 bits per heavy atom. The molecular weight excluding hydrogens is 242 g/mol. The molecule has 1 aromatic carbocycles. The molecule has 2 N–H and O–H groups in total. The maximum atomic E-state index is 12.2. The van der Waals surface area contributed by atoms with Crippen LogP contribution in [0, 0.1) is 5.92 Å². The number of nitrogens with two attached hydrogens (primary N) is 1. The van der Waals surface area contributed by atoms with Gasteiger partial charge >= 0.3 is 5.97 Å². The third-order valence-corrected chi connectivity index (χ3v) is 3.32. The molecule has 1 rings (SSSR count). The van der Waals surface area contributed by atoms with Gasteiger partial charge in [-0.25, -0.2) is 0 Å². The van der Waals surface area contributed by atoms with Crippen LogP contribution in [0.3, 0.4) is 0 Å². The molecular formula is C15H21NO3. The van der Waals surface area contributed by atoms with Crippen LogP contribution >= 0.6 is 0 Å². The normalized spacial score (nSPS) is 15.3. The summed E-state index contributed by atoms with van der Waals surface area (Å²) in [4.78, 5) is 23.2. The first kappa shape index (κ1) is 15.2. The van der Waals surface area contributed by atoms with Crippen molar-refractivity contribution >= 4 is 11.9 Å². The first-order valence-electron chi connectivity index (χ1n) is 6.52. The van der Waals surface area contributed by atoms with Crippen LogP contribution in [0.1, 0.15) is 38.7 Å². The molecule has 0 spiro atoms. The summed E-state index contributed by atoms with van der Waals surface area (Å²) in [5, 5.41) is 0. The van der Waals surface area contributed by atoms with Crippen molar-refractivity contribution in [2.24, 2.45) is 11.7 Å². The first-order valence-corrected chi connectivity index (χ1v) is 6.52. The zero-order valence-corrected chi connectivity index (χ0v) is 11.6. The summed E-state index contributed by atoms with van der Waals surface area (Å²) in [6, 6.07) is 9.46. The van der Waals surface area contributed by atoms with E-state index in [0.29, 0.717) is 0 Å². The molecule has 0 radical (unpaired) electrons. The number of carbonyl (C=O) groups excluding carboxylic acids is 2. The summed E-state index contributed by atoms with van der Waals surface area (Å²) in [5.41, 5.74) is 6.02. The van der Waals surface area contributed by atoms with E-state index in [2.05, 4.69) is 0 Å². The number of amides is 1. The number of carbonyl (C=O) groups is 2. The van der Waals surface area contributed by atoms with Gasteiger partial charge in [-0.3, -0.25) is 9.59 Å². The zero-order valence-electron chi connectivity index (χ0n) is 11.6. The van der Waals surface area contributed by atoms with Crippen molar-refractivity contribution in [1.82, 2.24) is 0 Å². The van der Waals surface area contributed by atoms with Crippen molar-refractivity contribution < 1.29 is 14.3 Å². The minimum atomic E-state index is -0.900. The number of hydrogen-bond acceptors (Lipinski definition) is 3. The smallest absolute Gasteiger partial charge is 0.314 e. The van der Waals surface area contributed by atoms with Crippen molar-refractivity contribution in [3.63, 3.8) is 0 Å². The van der Waals surface area contributed by atoms with Crippen LogP contribution in [0.2, 0.25) is 0 Å². The molecule has 1 amide bonds. The first-order chi connectivity index (χ1) is 8.97. The average Bonchev–Trinajstić information content (AvgIpc) is 2.39. The molecule has 0 aliphatic heterocycles. The Kier molecular flexibility index (Phi) is 5.55. The van der Waals surface area contributed by atoms with E-state index in [0.717, 1.165) is 12.0 Å². The molecule has 4 nitrogen and oxygen atoms in total. The summed E-state index contributed by atoms with van der Waals surface area (Å²) in [5.74, 6) is -1.26. The lowest BCUT2D eigenvalue weighted by Gasteiger charge is -2.23. The summed E-state index contributed by atoms with van der Waals surface area (Å²) in [6.45, 7) is 5.50. The van der Waals surface area contributed by atoms with Gasteiger partial charge < -0.3 is 10.5 Å². The van der Waals surface area contributed by atoms with E-state index >= 15 is 0 Å². The second-order valence-corrected chi connectivity index (χ2v) is 4.76. The lowest BCUT2D eigenvalue weighted by atomic mass is 9.85. The molecule has 0 saturated heterocycles. The molecule has 104 valence electrons. The van der Waals surface area contributed by atoms with Crippen molar-refractivity contribution in [2.45, 2.75) is 39.2 Å². The zero-order chi connectivity index (χ0) is 14.4. The molecule has 0 bridgehead atoms. The highest BCUT2D eigenvalue weighted by Gasteiger charge is 2.29. The molecule has 0 heterocycles. The van der Waals surface area contributed by atoms with Gasteiger partial charge in [0.25, 0.3) is 5.91 Å². The molecule has 0 fully saturated rings. The van der Waals surface area contributed by atoms with E-state index in [9.17, 15) is 9.59 Å². The van der Waals surface area contributed by atoms with Crippen molar-refractivity contribution in [1.29, 1.82) is 0 Å². The molecule has 0 saturated carbocycles. The fourth-order valence-corrected chi connectivity index (χ4v) is 1.90. The van der Waals surface area contributed by atoms with Crippen LogP contribution in [-0.4, -0.2) is 18.0 Å². The SMILES string of the molecule is CC[C@@H](C)[C@@H](C(=O)O[C@@H](C)C(N)=O)c1ccccc1. The van der Waals surface area contributed by atoms with Gasteiger partial charge in [0, 0.05) is 0 Å². The molecule has 3 atom stereocenters. The fraction of sp³-hybridized carbons (Fsp3) is 0.467. The third-order valence-electron chi connectivity index (χ3n) is 3.32. The largest absolute Gasteiger partial charge is 0.452 e. The molecule has 0 unspecified atom stereocenters. The van der Waals surface area contributed by atoms with Crippen LogP contribution in [0.25, 0.3) is 0 Å². The molecule has 19 heavy (non-hydrogen) atoms. The van der Waals surface area contributed by atoms with E-state index in [-0.39, 0.29) is 11.8 Å². The Hall–Kier alpha value is -1.84. The highest BCUT2D eigenvalue weighted by Crippen LogP contribution is 2.28. The number of ether oxygens (including phenoxy) is 1. The Labute approximate surface area is 113 Å². The maximum Gasteiger partial charge on any atom is 0.314 e. The van der Waals surface area contributed by atoms with Gasteiger partial charge in [-0.1, -0.05) is 50.6 Å². The number of hydrogen-bond donors (Lipinski definition) is 1. The summed E-state index contributed by atoms with van der Waals surface area (Å²) < 4.78 is 5.14. The summed E-state index contributed by atoms with van der Waals surface area (Å²) in [7, 11) is 0. The topological polar surface area (TPSA) is 69.4 Å². The van der Waals surface area contributed by atoms with Crippen molar-refractivity contribution in [2.75, 3.05) is 0 Å². The van der Waals surface area contributed by atoms with Crippen LogP contribution in [0.15, 0.2) is 30.3 Å². The Morgan fingerprint density at radius 1 is 1.21 bits per heavy atom. The maximum absolute atomic E-state index is 12.2. The van der Waals surface area contributed by atoms with Gasteiger partial charge in [-0.15, -0.1) is 0 Å². The van der Waals surface area contributed by atoms with Crippen LogP contribution < -0.4 is 5.73 Å². The predicted octanol–water partition coefficient (Wildman–Crippen LogP) is 2.23. The van der Waals surface area contributed by atoms with Gasteiger partial charge in [0.05, 0.1) is 5.92 Å². The Morgan fingerprint density at radius 2 is 1.79 bits per heavy atom. The lowest BCUT2D eigenvalue weighted by molar-refractivity contribution is -0.156. The second-order valence-electron chi connectivity index (χ2n) is 4.76. The van der Waals surface area contributed by atoms with Crippen LogP contribution in [-0.2, 0) is 14.3 Å². The molecule has 0 aliphatic carbocycles. The summed E-state index contributed by atoms with van der Waals surface area (Å²) in [6.07, 6.45) is -0.0534. The lowest BCUT2D eigenvalue weighted by Crippen LogP contribution is -2.33. The van der Waals surface area contributed by atoms with Gasteiger partial charge in [-0.2, -0.15) is 0 Å². The van der Waals surface area contributed by atoms with Crippen molar-refractivity contribution in [3.8, 4) is 0 Å². The van der Waals surface area contributed by atoms with Crippen LogP contribution in [0.4, 0.5) is 0 Å². The van der Waals surface area contributed by atoms with E-state index in [4.69, 9.17) is 10.5 Å². The minimum Gasteiger partial charge on any atom is -0.452 e. The standard InChI is InChI=1S/C15H21NO3/c1-4-10(2)13(12-8-6-5-7-9-12)15(18)19-11(3)14(16)17/h5-11,13H,4H2,1-3H3,(H2,16,17)/t10-,11+,13-/m1/s1. The molecule has 4 heteroatoms. The van der Waals surface area contributed by atoms with Gasteiger partial charge in [0.15, 0.2) is 6.10 Å². The number of esters is 1. The predicted molar refractivity (Wildman–Crippen MR) is 73.4 cm³/mol. The van der Waals surface area contributed by atoms with E-state index in [1.54, 1.807) is 0 Å². The Bertz CT molecular complexity index is 430. The number of primary amides is 1. The summed E-state index contributed by atoms with van der Waals surface area (Å²) >= 11 is 0. The fourth-order valence-electron chi connectivity index (χ4n) is 1.90. The highest BCUT2D eigenvalue weighted by molar-refractivity contribution is 5.84. The molecule has 0 aliphatic rings. The number of rotatable bonds is 6. The van der Waals surface area contributed by atoms with E-state index < -0.39 is 18.0 Å². The molecule has 1 aromatic rings. The van der Waals surface area contributed by atoms with Gasteiger partial charge in [0.2, 0.25) is 0 Å². The van der Waals surface area contributed by atoms with Gasteiger partial charge in [-0.05, 0) is 18.4 Å². The minimum absolute atomic E-state index is 0.134. The third kappa shape index (κ3) is 4.09. The highest BCUT2D eigenvalue weighted by atomic mass is 16.5. The van der Waals surface area contributed by atoms with E-state index in [1.165, 1.54) is 6.92 Å². The second kappa shape index (κ2) is 6.92. The molecule has 0 aromatic heterocycles. The van der Waals surface area contributed by atoms with Gasteiger partial charge in [0.1, 0.15) is 0 Å². The number of benzene rings is 1. The van der Waals surface area contributed by atoms with Crippen molar-refractivity contribution in [3.05, 3.63) is 35.9 Å².